The number of carbonyl (C=O) groups is 1. The first-order chi connectivity index (χ1) is 18.7. The molecule has 12 heteroatoms. The maximum atomic E-state index is 13.6. The number of nitrogens with zero attached hydrogens (tertiary/aromatic N) is 4. The summed E-state index contributed by atoms with van der Waals surface area (Å²) in [7, 11) is 1.43. The molecule has 1 aliphatic rings. The monoisotopic (exact) mass is 564 g/mol. The van der Waals surface area contributed by atoms with Crippen molar-refractivity contribution in [3.63, 3.8) is 0 Å². The SMILES string of the molecule is COCC(=O)N1CCN(Cc2ccc(OCCn3cc(Cl)cn3)cc2)C[C@](O)(COc2ccc(F)c(F)c2)C1. The minimum Gasteiger partial charge on any atom is -0.492 e. The Kier molecular flexibility index (Phi) is 9.73. The van der Waals surface area contributed by atoms with Crippen LogP contribution in [0.15, 0.2) is 54.9 Å². The smallest absolute Gasteiger partial charge is 0.248 e. The van der Waals surface area contributed by atoms with Crippen LogP contribution in [0, 0.1) is 11.6 Å². The van der Waals surface area contributed by atoms with Crippen molar-refractivity contribution in [3.8, 4) is 11.5 Å². The van der Waals surface area contributed by atoms with Gasteiger partial charge in [0.1, 0.15) is 36.9 Å². The minimum atomic E-state index is -1.47. The quantitative estimate of drug-likeness (QED) is 0.383. The molecule has 0 spiro atoms. The highest BCUT2D eigenvalue weighted by Gasteiger charge is 2.37. The van der Waals surface area contributed by atoms with E-state index in [0.29, 0.717) is 43.6 Å². The number of rotatable bonds is 11. The van der Waals surface area contributed by atoms with Gasteiger partial charge in [0.05, 0.1) is 24.3 Å². The first-order valence-electron chi connectivity index (χ1n) is 12.4. The van der Waals surface area contributed by atoms with Crippen LogP contribution in [0.25, 0.3) is 0 Å². The molecule has 0 radical (unpaired) electrons. The second kappa shape index (κ2) is 13.2. The van der Waals surface area contributed by atoms with E-state index in [0.717, 1.165) is 17.7 Å². The topological polar surface area (TPSA) is 89.3 Å². The van der Waals surface area contributed by atoms with Gasteiger partial charge in [-0.25, -0.2) is 8.78 Å². The third-order valence-corrected chi connectivity index (χ3v) is 6.42. The molecule has 0 bridgehead atoms. The van der Waals surface area contributed by atoms with Crippen LogP contribution >= 0.6 is 11.6 Å². The molecule has 2 heterocycles. The number of benzene rings is 2. The summed E-state index contributed by atoms with van der Waals surface area (Å²) in [4.78, 5) is 16.1. The van der Waals surface area contributed by atoms with E-state index in [9.17, 15) is 18.7 Å². The number of β-amino-alcohol motifs (C(OH)–C–C–N with tert-alkyl or cyclic N) is 1. The van der Waals surface area contributed by atoms with E-state index >= 15 is 0 Å². The summed E-state index contributed by atoms with van der Waals surface area (Å²) in [5.74, 6) is -1.50. The Morgan fingerprint density at radius 3 is 2.54 bits per heavy atom. The molecule has 1 aliphatic heterocycles. The lowest BCUT2D eigenvalue weighted by Crippen LogP contribution is -2.52. The Morgan fingerprint density at radius 1 is 1.08 bits per heavy atom. The van der Waals surface area contributed by atoms with Crippen LogP contribution in [0.2, 0.25) is 5.02 Å². The molecular formula is C27H31ClF2N4O5. The van der Waals surface area contributed by atoms with E-state index in [1.165, 1.54) is 18.1 Å². The molecule has 39 heavy (non-hydrogen) atoms. The Morgan fingerprint density at radius 2 is 1.85 bits per heavy atom. The van der Waals surface area contributed by atoms with Gasteiger partial charge in [-0.1, -0.05) is 23.7 Å². The average Bonchev–Trinajstić information content (AvgIpc) is 3.24. The molecule has 1 amide bonds. The van der Waals surface area contributed by atoms with Crippen molar-refractivity contribution in [2.75, 3.05) is 53.1 Å². The van der Waals surface area contributed by atoms with Crippen molar-refractivity contribution in [3.05, 3.63) is 77.1 Å². The summed E-state index contributed by atoms with van der Waals surface area (Å²) in [6, 6.07) is 10.8. The number of aliphatic hydroxyl groups is 1. The first-order valence-corrected chi connectivity index (χ1v) is 12.8. The van der Waals surface area contributed by atoms with Gasteiger partial charge in [-0.2, -0.15) is 5.10 Å². The number of ether oxygens (including phenoxy) is 3. The first kappa shape index (κ1) is 28.8. The van der Waals surface area contributed by atoms with Crippen LogP contribution in [-0.4, -0.2) is 89.3 Å². The normalized spacial score (nSPS) is 18.1. The molecule has 4 rings (SSSR count). The van der Waals surface area contributed by atoms with Crippen molar-refractivity contribution in [2.24, 2.45) is 0 Å². The van der Waals surface area contributed by atoms with Gasteiger partial charge in [-0.05, 0) is 29.8 Å². The highest BCUT2D eigenvalue weighted by Crippen LogP contribution is 2.22. The number of hydrogen-bond donors (Lipinski definition) is 1. The fourth-order valence-corrected chi connectivity index (χ4v) is 4.50. The molecule has 0 unspecified atom stereocenters. The fraction of sp³-hybridized carbons (Fsp3) is 0.407. The number of amides is 1. The number of carbonyl (C=O) groups excluding carboxylic acids is 1. The van der Waals surface area contributed by atoms with Crippen molar-refractivity contribution >= 4 is 17.5 Å². The Hall–Kier alpha value is -3.25. The van der Waals surface area contributed by atoms with E-state index in [2.05, 4.69) is 5.10 Å². The van der Waals surface area contributed by atoms with Crippen LogP contribution < -0.4 is 9.47 Å². The zero-order valence-electron chi connectivity index (χ0n) is 21.6. The lowest BCUT2D eigenvalue weighted by atomic mass is 10.0. The van der Waals surface area contributed by atoms with Gasteiger partial charge in [0.15, 0.2) is 11.6 Å². The van der Waals surface area contributed by atoms with Gasteiger partial charge < -0.3 is 24.2 Å². The summed E-state index contributed by atoms with van der Waals surface area (Å²) >= 11 is 5.87. The highest BCUT2D eigenvalue weighted by molar-refractivity contribution is 6.30. The summed E-state index contributed by atoms with van der Waals surface area (Å²) in [5.41, 5.74) is -0.481. The zero-order valence-corrected chi connectivity index (χ0v) is 22.3. The number of halogens is 3. The Balaban J connectivity index is 1.38. The fourth-order valence-electron chi connectivity index (χ4n) is 4.35. The number of aromatic nitrogens is 2. The predicted octanol–water partition coefficient (Wildman–Crippen LogP) is 2.99. The van der Waals surface area contributed by atoms with E-state index < -0.39 is 17.2 Å². The van der Waals surface area contributed by atoms with Crippen LogP contribution in [0.4, 0.5) is 8.78 Å². The van der Waals surface area contributed by atoms with Crippen molar-refractivity contribution in [1.82, 2.24) is 19.6 Å². The minimum absolute atomic E-state index is 0.00358. The summed E-state index contributed by atoms with van der Waals surface area (Å²) in [6.07, 6.45) is 3.30. The Labute approximate surface area is 230 Å². The van der Waals surface area contributed by atoms with E-state index in [4.69, 9.17) is 25.8 Å². The molecule has 3 aromatic rings. The molecule has 1 N–H and O–H groups in total. The molecule has 9 nitrogen and oxygen atoms in total. The van der Waals surface area contributed by atoms with Gasteiger partial charge in [-0.15, -0.1) is 0 Å². The van der Waals surface area contributed by atoms with Crippen molar-refractivity contribution < 1.29 is 32.9 Å². The van der Waals surface area contributed by atoms with Gasteiger partial charge >= 0.3 is 0 Å². The maximum Gasteiger partial charge on any atom is 0.248 e. The van der Waals surface area contributed by atoms with Gasteiger partial charge in [0.2, 0.25) is 5.91 Å². The van der Waals surface area contributed by atoms with Crippen molar-refractivity contribution in [1.29, 1.82) is 0 Å². The Bertz CT molecular complexity index is 1250. The molecule has 1 fully saturated rings. The lowest BCUT2D eigenvalue weighted by Gasteiger charge is -2.33. The molecule has 210 valence electrons. The molecule has 1 aromatic heterocycles. The van der Waals surface area contributed by atoms with E-state index in [-0.39, 0.29) is 38.0 Å². The lowest BCUT2D eigenvalue weighted by molar-refractivity contribution is -0.138. The third-order valence-electron chi connectivity index (χ3n) is 6.23. The molecule has 1 saturated heterocycles. The second-order valence-electron chi connectivity index (χ2n) is 9.46. The molecule has 2 aromatic carbocycles. The van der Waals surface area contributed by atoms with Gasteiger partial charge in [0, 0.05) is 45.6 Å². The third kappa shape index (κ3) is 8.37. The maximum absolute atomic E-state index is 13.6. The standard InChI is InChI=1S/C27H31ClF2N4O5/c1-37-16-26(35)33-9-8-32(17-27(36,18-33)19-39-23-6-7-24(29)25(30)12-23)14-20-2-4-22(5-3-20)38-11-10-34-15-21(28)13-31-34/h2-7,12-13,15,36H,8-11,14,16-19H2,1H3/t27-/m1/s1. The van der Waals surface area contributed by atoms with E-state index in [1.807, 2.05) is 29.2 Å². The summed E-state index contributed by atoms with van der Waals surface area (Å²) in [6.45, 7) is 2.25. The summed E-state index contributed by atoms with van der Waals surface area (Å²) < 4.78 is 45.0. The average molecular weight is 565 g/mol. The highest BCUT2D eigenvalue weighted by atomic mass is 35.5. The van der Waals surface area contributed by atoms with E-state index in [1.54, 1.807) is 17.1 Å². The van der Waals surface area contributed by atoms with Crippen LogP contribution in [-0.2, 0) is 22.6 Å². The molecule has 0 saturated carbocycles. The van der Waals surface area contributed by atoms with Crippen molar-refractivity contribution in [2.45, 2.75) is 18.7 Å². The second-order valence-corrected chi connectivity index (χ2v) is 9.90. The van der Waals surface area contributed by atoms with Crippen LogP contribution in [0.3, 0.4) is 0 Å². The van der Waals surface area contributed by atoms with Crippen LogP contribution in [0.5, 0.6) is 11.5 Å². The largest absolute Gasteiger partial charge is 0.492 e. The molecule has 1 atom stereocenters. The number of methoxy groups -OCH3 is 1. The van der Waals surface area contributed by atoms with Gasteiger partial charge in [-0.3, -0.25) is 14.4 Å². The molecular weight excluding hydrogens is 534 g/mol. The summed E-state index contributed by atoms with van der Waals surface area (Å²) in [5, 5.41) is 16.2. The zero-order chi connectivity index (χ0) is 27.8. The number of hydrogen-bond acceptors (Lipinski definition) is 7. The molecule has 0 aliphatic carbocycles. The van der Waals surface area contributed by atoms with Crippen LogP contribution in [0.1, 0.15) is 5.56 Å². The predicted molar refractivity (Wildman–Crippen MR) is 140 cm³/mol. The van der Waals surface area contributed by atoms with Gasteiger partial charge in [0.25, 0.3) is 0 Å².